The monoisotopic (exact) mass is 275 g/mol. The standard InChI is InChI=1S/C16H21NO3/c18-15(11-10-12-6-2-1-3-7-12)17-14-9-5-4-8-13(14)16(19)20/h1-3,6-7,13-14H,4-5,8-11H2,(H,17,18)(H,19,20)/t13-,14+/m0/s1. The fraction of sp³-hybridized carbons (Fsp3) is 0.500. The topological polar surface area (TPSA) is 66.4 Å². The molecule has 0 radical (unpaired) electrons. The molecule has 0 unspecified atom stereocenters. The van der Waals surface area contributed by atoms with Crippen LogP contribution in [0.5, 0.6) is 0 Å². The zero-order chi connectivity index (χ0) is 14.4. The Bertz CT molecular complexity index is 458. The molecular weight excluding hydrogens is 254 g/mol. The maximum absolute atomic E-state index is 11.9. The minimum atomic E-state index is -0.793. The van der Waals surface area contributed by atoms with Crippen LogP contribution in [0.4, 0.5) is 0 Å². The van der Waals surface area contributed by atoms with E-state index in [-0.39, 0.29) is 11.9 Å². The summed E-state index contributed by atoms with van der Waals surface area (Å²) in [7, 11) is 0. The normalized spacial score (nSPS) is 22.2. The summed E-state index contributed by atoms with van der Waals surface area (Å²) in [5.41, 5.74) is 1.13. The molecule has 1 aliphatic rings. The molecule has 0 spiro atoms. The van der Waals surface area contributed by atoms with Crippen LogP contribution < -0.4 is 5.32 Å². The average Bonchev–Trinajstić information content (AvgIpc) is 2.46. The minimum absolute atomic E-state index is 0.0491. The van der Waals surface area contributed by atoms with Crippen LogP contribution >= 0.6 is 0 Å². The van der Waals surface area contributed by atoms with Gasteiger partial charge in [-0.1, -0.05) is 43.2 Å². The van der Waals surface area contributed by atoms with E-state index in [0.29, 0.717) is 19.3 Å². The molecule has 0 aromatic heterocycles. The van der Waals surface area contributed by atoms with Crippen molar-refractivity contribution in [2.75, 3.05) is 0 Å². The molecule has 0 bridgehead atoms. The Kier molecular flexibility index (Phi) is 5.16. The molecule has 1 amide bonds. The van der Waals surface area contributed by atoms with Gasteiger partial charge in [0.1, 0.15) is 0 Å². The summed E-state index contributed by atoms with van der Waals surface area (Å²) in [5, 5.41) is 12.1. The zero-order valence-electron chi connectivity index (χ0n) is 11.5. The summed E-state index contributed by atoms with van der Waals surface area (Å²) >= 11 is 0. The number of hydrogen-bond donors (Lipinski definition) is 2. The van der Waals surface area contributed by atoms with Gasteiger partial charge in [0.05, 0.1) is 5.92 Å². The van der Waals surface area contributed by atoms with Crippen LogP contribution in [0.25, 0.3) is 0 Å². The number of carbonyl (C=O) groups excluding carboxylic acids is 1. The van der Waals surface area contributed by atoms with Crippen LogP contribution in [-0.2, 0) is 16.0 Å². The van der Waals surface area contributed by atoms with Gasteiger partial charge in [0.15, 0.2) is 0 Å². The number of hydrogen-bond acceptors (Lipinski definition) is 2. The largest absolute Gasteiger partial charge is 0.481 e. The van der Waals surface area contributed by atoms with Crippen molar-refractivity contribution >= 4 is 11.9 Å². The van der Waals surface area contributed by atoms with E-state index in [0.717, 1.165) is 24.8 Å². The van der Waals surface area contributed by atoms with Crippen molar-refractivity contribution < 1.29 is 14.7 Å². The van der Waals surface area contributed by atoms with E-state index in [9.17, 15) is 14.7 Å². The maximum Gasteiger partial charge on any atom is 0.308 e. The molecule has 108 valence electrons. The summed E-state index contributed by atoms with van der Waals surface area (Å²) in [6.45, 7) is 0. The van der Waals surface area contributed by atoms with Gasteiger partial charge in [0, 0.05) is 12.5 Å². The average molecular weight is 275 g/mol. The van der Waals surface area contributed by atoms with Crippen molar-refractivity contribution in [2.24, 2.45) is 5.92 Å². The van der Waals surface area contributed by atoms with Gasteiger partial charge in [-0.3, -0.25) is 9.59 Å². The second-order valence-corrected chi connectivity index (χ2v) is 5.39. The van der Waals surface area contributed by atoms with Crippen molar-refractivity contribution in [3.05, 3.63) is 35.9 Å². The SMILES string of the molecule is O=C(CCc1ccccc1)N[C@@H]1CCCC[C@@H]1C(=O)O. The van der Waals surface area contributed by atoms with Gasteiger partial charge in [0.25, 0.3) is 0 Å². The number of carboxylic acid groups (broad SMARTS) is 1. The lowest BCUT2D eigenvalue weighted by Gasteiger charge is -2.29. The van der Waals surface area contributed by atoms with E-state index in [2.05, 4.69) is 5.32 Å². The Hall–Kier alpha value is -1.84. The molecule has 1 aromatic rings. The third-order valence-corrected chi connectivity index (χ3v) is 3.91. The van der Waals surface area contributed by atoms with Gasteiger partial charge < -0.3 is 10.4 Å². The summed E-state index contributed by atoms with van der Waals surface area (Å²) < 4.78 is 0. The molecule has 2 atom stereocenters. The molecule has 20 heavy (non-hydrogen) atoms. The lowest BCUT2D eigenvalue weighted by atomic mass is 9.84. The van der Waals surface area contributed by atoms with Gasteiger partial charge in [-0.25, -0.2) is 0 Å². The van der Waals surface area contributed by atoms with Crippen LogP contribution in [0, 0.1) is 5.92 Å². The molecule has 2 N–H and O–H groups in total. The summed E-state index contributed by atoms with van der Waals surface area (Å²) in [6, 6.07) is 9.64. The number of benzene rings is 1. The molecule has 4 nitrogen and oxygen atoms in total. The highest BCUT2D eigenvalue weighted by atomic mass is 16.4. The second-order valence-electron chi connectivity index (χ2n) is 5.39. The fourth-order valence-electron chi connectivity index (χ4n) is 2.78. The Balaban J connectivity index is 1.82. The van der Waals surface area contributed by atoms with Crippen LogP contribution in [0.1, 0.15) is 37.7 Å². The Morgan fingerprint density at radius 1 is 1.15 bits per heavy atom. The Morgan fingerprint density at radius 3 is 2.55 bits per heavy atom. The highest BCUT2D eigenvalue weighted by molar-refractivity contribution is 5.78. The second kappa shape index (κ2) is 7.08. The zero-order valence-corrected chi connectivity index (χ0v) is 11.5. The molecule has 0 saturated heterocycles. The molecule has 0 aliphatic heterocycles. The van der Waals surface area contributed by atoms with Crippen molar-refractivity contribution in [3.8, 4) is 0 Å². The third-order valence-electron chi connectivity index (χ3n) is 3.91. The van der Waals surface area contributed by atoms with Gasteiger partial charge in [-0.15, -0.1) is 0 Å². The molecule has 1 aromatic carbocycles. The predicted octanol–water partition coefficient (Wildman–Crippen LogP) is 2.38. The summed E-state index contributed by atoms with van der Waals surface area (Å²) in [4.78, 5) is 23.1. The van der Waals surface area contributed by atoms with Gasteiger partial charge in [-0.2, -0.15) is 0 Å². The smallest absolute Gasteiger partial charge is 0.308 e. The Morgan fingerprint density at radius 2 is 1.85 bits per heavy atom. The van der Waals surface area contributed by atoms with E-state index >= 15 is 0 Å². The van der Waals surface area contributed by atoms with Crippen molar-refractivity contribution in [3.63, 3.8) is 0 Å². The van der Waals surface area contributed by atoms with Crippen molar-refractivity contribution in [1.29, 1.82) is 0 Å². The first-order valence-corrected chi connectivity index (χ1v) is 7.23. The first-order valence-electron chi connectivity index (χ1n) is 7.23. The number of aryl methyl sites for hydroxylation is 1. The van der Waals surface area contributed by atoms with Gasteiger partial charge in [0.2, 0.25) is 5.91 Å². The first-order chi connectivity index (χ1) is 9.66. The molecule has 1 saturated carbocycles. The van der Waals surface area contributed by atoms with E-state index in [4.69, 9.17) is 0 Å². The van der Waals surface area contributed by atoms with Crippen LogP contribution in [0.3, 0.4) is 0 Å². The molecule has 1 fully saturated rings. The third kappa shape index (κ3) is 4.08. The number of amides is 1. The lowest BCUT2D eigenvalue weighted by molar-refractivity contribution is -0.144. The van der Waals surface area contributed by atoms with Crippen molar-refractivity contribution in [1.82, 2.24) is 5.32 Å². The van der Waals surface area contributed by atoms with Crippen LogP contribution in [0.15, 0.2) is 30.3 Å². The molecular formula is C16H21NO3. The van der Waals surface area contributed by atoms with Crippen LogP contribution in [-0.4, -0.2) is 23.0 Å². The van der Waals surface area contributed by atoms with E-state index in [1.807, 2.05) is 30.3 Å². The Labute approximate surface area is 119 Å². The summed E-state index contributed by atoms with van der Waals surface area (Å²) in [5.74, 6) is -1.27. The summed E-state index contributed by atoms with van der Waals surface area (Å²) in [6.07, 6.45) is 4.47. The van der Waals surface area contributed by atoms with E-state index in [1.165, 1.54) is 0 Å². The fourth-order valence-corrected chi connectivity index (χ4v) is 2.78. The lowest BCUT2D eigenvalue weighted by Crippen LogP contribution is -2.45. The van der Waals surface area contributed by atoms with Gasteiger partial charge >= 0.3 is 5.97 Å². The number of carbonyl (C=O) groups is 2. The molecule has 4 heteroatoms. The van der Waals surface area contributed by atoms with Gasteiger partial charge in [-0.05, 0) is 24.8 Å². The number of nitrogens with one attached hydrogen (secondary N) is 1. The molecule has 0 heterocycles. The van der Waals surface area contributed by atoms with Crippen LogP contribution in [0.2, 0.25) is 0 Å². The molecule has 1 aliphatic carbocycles. The predicted molar refractivity (Wildman–Crippen MR) is 76.3 cm³/mol. The van der Waals surface area contributed by atoms with E-state index in [1.54, 1.807) is 0 Å². The highest BCUT2D eigenvalue weighted by Crippen LogP contribution is 2.24. The van der Waals surface area contributed by atoms with E-state index < -0.39 is 11.9 Å². The minimum Gasteiger partial charge on any atom is -0.481 e. The molecule has 2 rings (SSSR count). The first kappa shape index (κ1) is 14.6. The number of aliphatic carboxylic acids is 1. The quantitative estimate of drug-likeness (QED) is 0.867. The van der Waals surface area contributed by atoms with Crippen molar-refractivity contribution in [2.45, 2.75) is 44.6 Å². The maximum atomic E-state index is 11.9. The number of rotatable bonds is 5. The highest BCUT2D eigenvalue weighted by Gasteiger charge is 2.31. The number of carboxylic acids is 1.